The first-order valence-corrected chi connectivity index (χ1v) is 45.3. The third-order valence-corrected chi connectivity index (χ3v) is 24.8. The van der Waals surface area contributed by atoms with E-state index in [9.17, 15) is 73.1 Å². The Kier molecular flexibility index (Phi) is 38.1. The average molecular weight is 1920 g/mol. The molecular formula is C92H114F3N17O23S. The molecular weight excluding hydrogens is 1800 g/mol. The number of nitrogens with two attached hydrogens (primary N) is 2. The molecule has 40 nitrogen and oxygen atoms in total. The van der Waals surface area contributed by atoms with Gasteiger partial charge < -0.3 is 114 Å². The molecule has 4 heterocycles. The fraction of sp³-hybridized carbons (Fsp3) is 0.457. The monoisotopic (exact) mass is 1910 g/mol. The lowest BCUT2D eigenvalue weighted by Gasteiger charge is -2.38. The van der Waals surface area contributed by atoms with Crippen molar-refractivity contribution < 1.29 is 125 Å². The number of rotatable bonds is 25. The third-order valence-electron chi connectivity index (χ3n) is 23.8. The molecule has 16 amide bonds. The predicted octanol–water partition coefficient (Wildman–Crippen LogP) is -0.379. The van der Waals surface area contributed by atoms with Gasteiger partial charge in [0.2, 0.25) is 94.5 Å². The number of hydrogen-bond donors (Lipinski definition) is 17. The van der Waals surface area contributed by atoms with Gasteiger partial charge in [0.05, 0.1) is 24.8 Å². The summed E-state index contributed by atoms with van der Waals surface area (Å²) in [5, 5.41) is 75.7. The molecule has 14 atom stereocenters. The zero-order valence-corrected chi connectivity index (χ0v) is 76.4. The number of H-pyrrole nitrogens is 1. The number of thioether (sulfide) groups is 1. The number of carbonyl (C=O) groups excluding carboxylic acids is 16. The van der Waals surface area contributed by atoms with Gasteiger partial charge in [-0.3, -0.25) is 86.3 Å². The first-order chi connectivity index (χ1) is 64.5. The molecule has 0 spiro atoms. The average Bonchev–Trinajstić information content (AvgIpc) is 1.45. The van der Waals surface area contributed by atoms with Crippen molar-refractivity contribution in [1.29, 1.82) is 0 Å². The van der Waals surface area contributed by atoms with Crippen LogP contribution in [-0.2, 0) is 118 Å². The number of likely N-dealkylation sites (N-methyl/N-ethyl adjacent to an activating group) is 3. The van der Waals surface area contributed by atoms with E-state index in [0.717, 1.165) is 31.5 Å². The van der Waals surface area contributed by atoms with E-state index in [-0.39, 0.29) is 61.3 Å². The van der Waals surface area contributed by atoms with Crippen molar-refractivity contribution in [1.82, 2.24) is 77.3 Å². The molecule has 3 aliphatic rings. The Morgan fingerprint density at radius 3 is 1.67 bits per heavy atom. The zero-order chi connectivity index (χ0) is 99.6. The number of nitrogens with zero attached hydrogens (tertiary/aromatic N) is 5. The van der Waals surface area contributed by atoms with Crippen LogP contribution in [-0.4, -0.2) is 298 Å². The minimum atomic E-state index is -2.01. The number of phenols is 2. The number of primary amides is 2. The maximum Gasteiger partial charge on any atom is 0.305 e. The summed E-state index contributed by atoms with van der Waals surface area (Å²) in [5.74, 6) is -29.0. The van der Waals surface area contributed by atoms with Crippen LogP contribution in [0.5, 0.6) is 11.5 Å². The van der Waals surface area contributed by atoms with E-state index in [1.165, 1.54) is 82.7 Å². The Morgan fingerprint density at radius 1 is 0.515 bits per heavy atom. The molecule has 0 bridgehead atoms. The molecule has 0 aliphatic carbocycles. The van der Waals surface area contributed by atoms with Crippen molar-refractivity contribution in [2.24, 2.45) is 17.4 Å². The van der Waals surface area contributed by atoms with Crippen molar-refractivity contribution in [3.8, 4) is 11.5 Å². The maximum atomic E-state index is 15.7. The van der Waals surface area contributed by atoms with Crippen LogP contribution in [0.1, 0.15) is 119 Å². The fourth-order valence-electron chi connectivity index (χ4n) is 16.3. The molecule has 732 valence electrons. The molecule has 9 rings (SSSR count). The number of unbranched alkanes of at least 4 members (excludes halogenated alkanes) is 1. The van der Waals surface area contributed by atoms with Crippen LogP contribution in [0.2, 0.25) is 0 Å². The van der Waals surface area contributed by atoms with Crippen molar-refractivity contribution in [3.63, 3.8) is 0 Å². The van der Waals surface area contributed by atoms with E-state index >= 15 is 51.9 Å². The molecule has 136 heavy (non-hydrogen) atoms. The van der Waals surface area contributed by atoms with Crippen molar-refractivity contribution in [2.75, 3.05) is 52.3 Å². The first-order valence-electron chi connectivity index (χ1n) is 44.2. The summed E-state index contributed by atoms with van der Waals surface area (Å²) in [6.45, 7) is 3.08. The number of nitrogens with one attached hydrogen (secondary N) is 10. The third kappa shape index (κ3) is 29.2. The van der Waals surface area contributed by atoms with Crippen molar-refractivity contribution in [3.05, 3.63) is 167 Å². The highest BCUT2D eigenvalue weighted by molar-refractivity contribution is 8.00. The lowest BCUT2D eigenvalue weighted by atomic mass is 9.98. The van der Waals surface area contributed by atoms with Crippen LogP contribution in [0, 0.1) is 23.4 Å². The number of aliphatic hydroxyl groups excluding tert-OH is 1. The van der Waals surface area contributed by atoms with Crippen LogP contribution in [0.4, 0.5) is 13.2 Å². The first kappa shape index (κ1) is 105. The molecule has 44 heteroatoms. The molecule has 3 fully saturated rings. The van der Waals surface area contributed by atoms with Gasteiger partial charge in [0.1, 0.15) is 90.0 Å². The van der Waals surface area contributed by atoms with Crippen LogP contribution in [0.15, 0.2) is 121 Å². The Bertz CT molecular complexity index is 5370. The molecule has 1 aromatic heterocycles. The molecule has 1 unspecified atom stereocenters. The lowest BCUT2D eigenvalue weighted by molar-refractivity contribution is -0.152. The quantitative estimate of drug-likeness (QED) is 0.0325. The highest BCUT2D eigenvalue weighted by Gasteiger charge is 2.48. The van der Waals surface area contributed by atoms with Crippen LogP contribution >= 0.6 is 11.8 Å². The Labute approximate surface area is 783 Å². The van der Waals surface area contributed by atoms with Crippen LogP contribution in [0.25, 0.3) is 10.9 Å². The molecule has 6 aromatic rings. The number of aliphatic hydroxyl groups is 1. The van der Waals surface area contributed by atoms with E-state index in [1.807, 2.05) is 0 Å². The molecule has 3 saturated heterocycles. The number of hydrogen-bond acceptors (Lipinski definition) is 22. The van der Waals surface area contributed by atoms with Crippen LogP contribution < -0.4 is 59.3 Å². The number of aromatic nitrogens is 1. The maximum absolute atomic E-state index is 15.7. The summed E-state index contributed by atoms with van der Waals surface area (Å²) in [4.78, 5) is 270. The second kappa shape index (κ2) is 49.2. The summed E-state index contributed by atoms with van der Waals surface area (Å²) in [6.07, 6.45) is -6.51. The summed E-state index contributed by atoms with van der Waals surface area (Å²) < 4.78 is 45.1. The number of aliphatic carboxylic acids is 2. The summed E-state index contributed by atoms with van der Waals surface area (Å²) in [5.41, 5.74) is 12.4. The number of para-hydroxylation sites is 1. The van der Waals surface area contributed by atoms with Gasteiger partial charge in [0.15, 0.2) is 17.5 Å². The number of benzene rings is 5. The summed E-state index contributed by atoms with van der Waals surface area (Å²) in [6, 6.07) is 3.26. The molecule has 5 aromatic carbocycles. The number of aromatic hydroxyl groups is 2. The molecule has 19 N–H and O–H groups in total. The zero-order valence-electron chi connectivity index (χ0n) is 75.6. The smallest absolute Gasteiger partial charge is 0.305 e. The molecule has 0 saturated carbocycles. The Morgan fingerprint density at radius 2 is 1.05 bits per heavy atom. The Balaban J connectivity index is 1.15. The number of amides is 16. The van der Waals surface area contributed by atoms with Gasteiger partial charge in [-0.25, -0.2) is 13.2 Å². The van der Waals surface area contributed by atoms with E-state index < -0.39 is 309 Å². The fourth-order valence-corrected chi connectivity index (χ4v) is 17.2. The normalized spacial score (nSPS) is 23.8. The second-order valence-corrected chi connectivity index (χ2v) is 35.2. The standard InChI is InChI=1S/C92H114F3N17O23S/c1-7-8-19-69-91(134)111-33-14-20-68(111)85(128)105-65(42-77(121)122)84(127)107-79(48(2)3)92(135)109(5)70(38-49-15-10-9-11-16-49)86(129)102-62(30-32-76(119)120)89(132)112-45-56(115)41-71(112)87(130)104-64(40-53-43-98-60-18-13-12-17-57(53)60)83(126)103-63(36-50-21-25-54(113)26-22-50)82(125)101-61(29-31-73(96)116)81(124)106-67(80(123)99-44-74(97)117)46-136-47-75(118)100-66(37-52-34-58(93)78(95)59(94)35-52)88(131)110(6)72(90(133)108(69)4)39-51-23-27-55(114)28-24-51/h9-13,15-18,21-28,34-35,43,48,56,61-72,79,98,113-115H,7-8,14,19-20,29-33,36-42,44-47H2,1-6H3,(H2,96,116)(H2,97,117)(H,99,123)(H,100,118)(H,101,125)(H,102,129)(H,103,126)(H,104,130)(H,105,128)(H,106,124)(H,107,127)(H,119,120)(H,121,122)/t56-,61+,62+,63+,64?,65+,66+,67+,68-,69+,70+,71-,72+,79+/m1/s1. The van der Waals surface area contributed by atoms with Crippen molar-refractivity contribution >= 4 is 129 Å². The van der Waals surface area contributed by atoms with Gasteiger partial charge >= 0.3 is 11.9 Å². The van der Waals surface area contributed by atoms with Gasteiger partial charge in [0, 0.05) is 108 Å². The van der Waals surface area contributed by atoms with E-state index in [2.05, 4.69) is 52.8 Å². The van der Waals surface area contributed by atoms with Gasteiger partial charge in [-0.2, -0.15) is 0 Å². The number of aromatic amines is 1. The minimum Gasteiger partial charge on any atom is -0.508 e. The number of carboxylic acid groups (broad SMARTS) is 2. The van der Waals surface area contributed by atoms with Gasteiger partial charge in [-0.1, -0.05) is 106 Å². The van der Waals surface area contributed by atoms with E-state index in [0.29, 0.717) is 52.3 Å². The highest BCUT2D eigenvalue weighted by Crippen LogP contribution is 2.29. The summed E-state index contributed by atoms with van der Waals surface area (Å²) >= 11 is 0.566. The molecule has 0 radical (unpaired) electrons. The highest BCUT2D eigenvalue weighted by atomic mass is 32.2. The van der Waals surface area contributed by atoms with Gasteiger partial charge in [0.25, 0.3) is 0 Å². The second-order valence-electron chi connectivity index (χ2n) is 34.1. The van der Waals surface area contributed by atoms with Gasteiger partial charge in [-0.15, -0.1) is 11.8 Å². The molecule has 3 aliphatic heterocycles. The van der Waals surface area contributed by atoms with Crippen LogP contribution in [0.3, 0.4) is 0 Å². The number of halogens is 3. The lowest BCUT2D eigenvalue weighted by Crippen LogP contribution is -2.62. The van der Waals surface area contributed by atoms with E-state index in [1.54, 1.807) is 61.5 Å². The van der Waals surface area contributed by atoms with Crippen molar-refractivity contribution in [2.45, 2.75) is 208 Å². The topological polar surface area (TPSA) is 601 Å². The minimum absolute atomic E-state index is 0.101. The number of carboxylic acids is 2. The number of carbonyl (C=O) groups is 18. The van der Waals surface area contributed by atoms with Gasteiger partial charge in [-0.05, 0) is 108 Å². The number of fused-ring (bicyclic) bond motifs is 3. The SMILES string of the molecule is CCCC[C@H]1C(=O)N2CCC[C@@H]2C(=O)N[C@@H](CC(=O)O)C(=O)N[C@@H](C(C)C)C(=O)N(C)[C@@H](Cc2ccccc2)C(=O)N[C@@H](CCC(=O)O)C(=O)N2C[C@H](O)C[C@@H]2C(=O)NC(Cc2c[nH]c3ccccc23)C(=O)N[C@@H](Cc2ccc(O)cc2)C(=O)N[C@@H](CCC(N)=O)C(=O)N[C@H](C(=O)NCC(N)=O)CSCC(=O)N[C@@H](Cc2cc(F)c(F)c(F)c2)C(=O)N(C)[C@@H](Cc2ccc(O)cc2)C(=O)N1C. The largest absolute Gasteiger partial charge is 0.508 e. The van der Waals surface area contributed by atoms with E-state index in [4.69, 9.17) is 11.5 Å². The predicted molar refractivity (Wildman–Crippen MR) is 483 cm³/mol. The summed E-state index contributed by atoms with van der Waals surface area (Å²) in [7, 11) is 3.51. The number of phenolic OH excluding ortho intramolecular Hbond substituents is 2. The Hall–Kier alpha value is -14.2.